The first-order chi connectivity index (χ1) is 21.3. The Bertz CT molecular complexity index is 880. The average molecular weight is 640 g/mol. The largest absolute Gasteiger partial charge is 0.493 e. The maximum atomic E-state index is 12.4. The van der Waals surface area contributed by atoms with Crippen molar-refractivity contribution in [2.45, 2.75) is 142 Å². The number of phosphoric ester groups is 1. The topological polar surface area (TPSA) is 85.3 Å². The van der Waals surface area contributed by atoms with Crippen molar-refractivity contribution in [2.75, 3.05) is 40.5 Å². The van der Waals surface area contributed by atoms with Gasteiger partial charge in [0.15, 0.2) is 0 Å². The Balaban J connectivity index is 2.31. The Labute approximate surface area is 270 Å². The number of carbonyl (C=O) groups is 1. The predicted octanol–water partition coefficient (Wildman–Crippen LogP) is 9.94. The molecule has 0 aliphatic heterocycles. The minimum atomic E-state index is -4.18. The third-order valence-corrected chi connectivity index (χ3v) is 9.11. The molecule has 0 spiro atoms. The van der Waals surface area contributed by atoms with Crippen molar-refractivity contribution in [3.8, 4) is 5.75 Å². The molecule has 0 aromatic heterocycles. The summed E-state index contributed by atoms with van der Waals surface area (Å²) < 4.78 is 29.0. The maximum Gasteiger partial charge on any atom is 0.472 e. The van der Waals surface area contributed by atoms with Crippen LogP contribution < -0.4 is 4.74 Å². The molecular weight excluding hydrogens is 573 g/mol. The van der Waals surface area contributed by atoms with Gasteiger partial charge in [-0.15, -0.1) is 0 Å². The molecule has 1 aromatic carbocycles. The van der Waals surface area contributed by atoms with E-state index in [4.69, 9.17) is 13.8 Å². The number of para-hydroxylation sites is 1. The highest BCUT2D eigenvalue weighted by Crippen LogP contribution is 2.44. The molecule has 44 heavy (non-hydrogen) atoms. The van der Waals surface area contributed by atoms with Crippen molar-refractivity contribution in [1.29, 1.82) is 0 Å². The SMILES string of the molecule is CCCCCCCCCCCCCCCCCCOc1ccccc1CC(COP(=O)(O)OCCCN(C)C)CC(=O)CC. The Hall–Kier alpha value is -1.24. The number of rotatable bonds is 31. The van der Waals surface area contributed by atoms with Crippen molar-refractivity contribution in [3.63, 3.8) is 0 Å². The number of carbonyl (C=O) groups excluding carboxylic acids is 1. The molecule has 2 unspecified atom stereocenters. The van der Waals surface area contributed by atoms with Gasteiger partial charge in [0.2, 0.25) is 0 Å². The van der Waals surface area contributed by atoms with E-state index in [1.54, 1.807) is 0 Å². The number of unbranched alkanes of at least 4 members (excludes halogenated alkanes) is 15. The van der Waals surface area contributed by atoms with Crippen LogP contribution in [0.1, 0.15) is 141 Å². The van der Waals surface area contributed by atoms with Crippen molar-refractivity contribution < 1.29 is 28.0 Å². The average Bonchev–Trinajstić information content (AvgIpc) is 3.00. The summed E-state index contributed by atoms with van der Waals surface area (Å²) in [5.74, 6) is 0.674. The lowest BCUT2D eigenvalue weighted by Crippen LogP contribution is -2.18. The van der Waals surface area contributed by atoms with Crippen LogP contribution in [0, 0.1) is 5.92 Å². The summed E-state index contributed by atoms with van der Waals surface area (Å²) >= 11 is 0. The number of ether oxygens (including phenoxy) is 1. The van der Waals surface area contributed by atoms with Gasteiger partial charge in [-0.2, -0.15) is 0 Å². The molecule has 0 heterocycles. The van der Waals surface area contributed by atoms with Crippen LogP contribution in [0.4, 0.5) is 0 Å². The number of Topliss-reactive ketones (excluding diaryl/α,β-unsaturated/α-hetero) is 1. The summed E-state index contributed by atoms with van der Waals surface area (Å²) in [7, 11) is -0.309. The fraction of sp³-hybridized carbons (Fsp3) is 0.806. The summed E-state index contributed by atoms with van der Waals surface area (Å²) in [6.45, 7) is 5.64. The van der Waals surface area contributed by atoms with Gasteiger partial charge in [-0.05, 0) is 57.5 Å². The number of benzene rings is 1. The Kier molecular flexibility index (Phi) is 25.0. The quantitative estimate of drug-likeness (QED) is 0.0639. The summed E-state index contributed by atoms with van der Waals surface area (Å²) in [5, 5.41) is 0. The normalized spacial score (nSPS) is 13.7. The van der Waals surface area contributed by atoms with E-state index in [2.05, 4.69) is 6.92 Å². The molecule has 8 heteroatoms. The zero-order valence-corrected chi connectivity index (χ0v) is 29.6. The van der Waals surface area contributed by atoms with Gasteiger partial charge in [-0.25, -0.2) is 4.57 Å². The first kappa shape index (κ1) is 40.8. The van der Waals surface area contributed by atoms with Crippen LogP contribution in [0.2, 0.25) is 0 Å². The number of ketones is 1. The second-order valence-electron chi connectivity index (χ2n) is 12.7. The fourth-order valence-corrected chi connectivity index (χ4v) is 6.24. The lowest BCUT2D eigenvalue weighted by molar-refractivity contribution is -0.120. The second-order valence-corrected chi connectivity index (χ2v) is 14.1. The molecule has 1 aromatic rings. The van der Waals surface area contributed by atoms with Crippen molar-refractivity contribution in [3.05, 3.63) is 29.8 Å². The van der Waals surface area contributed by atoms with E-state index >= 15 is 0 Å². The van der Waals surface area contributed by atoms with Gasteiger partial charge in [0.1, 0.15) is 11.5 Å². The van der Waals surface area contributed by atoms with Gasteiger partial charge in [-0.1, -0.05) is 128 Å². The van der Waals surface area contributed by atoms with Crippen LogP contribution in [-0.4, -0.2) is 56.0 Å². The number of hydrogen-bond donors (Lipinski definition) is 1. The number of hydrogen-bond acceptors (Lipinski definition) is 6. The molecule has 0 saturated carbocycles. The molecule has 0 fully saturated rings. The van der Waals surface area contributed by atoms with Crippen LogP contribution in [0.25, 0.3) is 0 Å². The first-order valence-corrected chi connectivity index (χ1v) is 19.3. The minimum absolute atomic E-state index is 0.0271. The van der Waals surface area contributed by atoms with Crippen molar-refractivity contribution >= 4 is 13.6 Å². The van der Waals surface area contributed by atoms with E-state index in [-0.39, 0.29) is 31.3 Å². The van der Waals surface area contributed by atoms with Crippen molar-refractivity contribution in [2.24, 2.45) is 5.92 Å². The van der Waals surface area contributed by atoms with E-state index in [0.29, 0.717) is 25.9 Å². The van der Waals surface area contributed by atoms with Gasteiger partial charge >= 0.3 is 7.82 Å². The van der Waals surface area contributed by atoms with Crippen LogP contribution in [-0.2, 0) is 24.8 Å². The zero-order chi connectivity index (χ0) is 32.3. The Morgan fingerprint density at radius 2 is 1.32 bits per heavy atom. The third-order valence-electron chi connectivity index (χ3n) is 8.12. The highest BCUT2D eigenvalue weighted by atomic mass is 31.2. The molecule has 0 saturated heterocycles. The zero-order valence-electron chi connectivity index (χ0n) is 28.7. The number of nitrogens with zero attached hydrogens (tertiary/aromatic N) is 1. The molecule has 2 atom stereocenters. The summed E-state index contributed by atoms with van der Waals surface area (Å²) in [4.78, 5) is 24.4. The van der Waals surface area contributed by atoms with E-state index in [9.17, 15) is 14.3 Å². The maximum absolute atomic E-state index is 12.4. The molecule has 1 N–H and O–H groups in total. The highest BCUT2D eigenvalue weighted by Gasteiger charge is 2.25. The monoisotopic (exact) mass is 639 g/mol. The molecule has 0 radical (unpaired) electrons. The minimum Gasteiger partial charge on any atom is -0.493 e. The lowest BCUT2D eigenvalue weighted by Gasteiger charge is -2.20. The van der Waals surface area contributed by atoms with Crippen LogP contribution in [0.3, 0.4) is 0 Å². The predicted molar refractivity (Wildman–Crippen MR) is 183 cm³/mol. The molecule has 1 rings (SSSR count). The second kappa shape index (κ2) is 26.9. The molecule has 0 bridgehead atoms. The van der Waals surface area contributed by atoms with Gasteiger partial charge in [-0.3, -0.25) is 13.8 Å². The van der Waals surface area contributed by atoms with Gasteiger partial charge < -0.3 is 14.5 Å². The Morgan fingerprint density at radius 1 is 0.773 bits per heavy atom. The van der Waals surface area contributed by atoms with Gasteiger partial charge in [0.05, 0.1) is 19.8 Å². The smallest absolute Gasteiger partial charge is 0.472 e. The van der Waals surface area contributed by atoms with Gasteiger partial charge in [0, 0.05) is 12.8 Å². The fourth-order valence-electron chi connectivity index (χ4n) is 5.41. The van der Waals surface area contributed by atoms with E-state index in [0.717, 1.165) is 24.3 Å². The van der Waals surface area contributed by atoms with Crippen LogP contribution in [0.15, 0.2) is 24.3 Å². The van der Waals surface area contributed by atoms with E-state index in [1.807, 2.05) is 50.2 Å². The molecule has 7 nitrogen and oxygen atoms in total. The summed E-state index contributed by atoms with van der Waals surface area (Å²) in [5.41, 5.74) is 0.987. The molecule has 0 aliphatic rings. The summed E-state index contributed by atoms with van der Waals surface area (Å²) in [6, 6.07) is 7.88. The van der Waals surface area contributed by atoms with Crippen LogP contribution in [0.5, 0.6) is 5.75 Å². The molecular formula is C36H66NO6P. The lowest BCUT2D eigenvalue weighted by atomic mass is 9.94. The van der Waals surface area contributed by atoms with Crippen LogP contribution >= 0.6 is 7.82 Å². The van der Waals surface area contributed by atoms with Crippen molar-refractivity contribution in [1.82, 2.24) is 4.90 Å². The first-order valence-electron chi connectivity index (χ1n) is 17.8. The summed E-state index contributed by atoms with van der Waals surface area (Å²) in [6.07, 6.45) is 23.3. The molecule has 0 aliphatic carbocycles. The standard InChI is InChI=1S/C36H66NO6P/c1-5-7-8-9-10-11-12-13-14-15-16-17-18-19-20-23-28-41-36-26-22-21-25-34(36)30-33(31-35(38)6-2)32-43-44(39,40)42-29-24-27-37(3)4/h21-22,25-26,33H,5-20,23-24,27-32H2,1-4H3,(H,39,40). The Morgan fingerprint density at radius 3 is 1.86 bits per heavy atom. The number of phosphoric acid groups is 1. The molecule has 0 amide bonds. The highest BCUT2D eigenvalue weighted by molar-refractivity contribution is 7.47. The third kappa shape index (κ3) is 23.1. The van der Waals surface area contributed by atoms with E-state index < -0.39 is 7.82 Å². The molecule has 256 valence electrons. The van der Waals surface area contributed by atoms with E-state index in [1.165, 1.54) is 96.3 Å². The van der Waals surface area contributed by atoms with Gasteiger partial charge in [0.25, 0.3) is 0 Å².